The first-order valence-electron chi connectivity index (χ1n) is 5.88. The summed E-state index contributed by atoms with van der Waals surface area (Å²) in [5.74, 6) is 0. The zero-order valence-corrected chi connectivity index (χ0v) is 11.2. The van der Waals surface area contributed by atoms with Gasteiger partial charge in [-0.15, -0.1) is 0 Å². The van der Waals surface area contributed by atoms with Gasteiger partial charge in [0, 0.05) is 12.4 Å². The Kier molecular flexibility index (Phi) is 4.87. The highest BCUT2D eigenvalue weighted by atomic mass is 31.2. The fraction of sp³-hybridized carbons (Fsp3) is 0.583. The predicted octanol–water partition coefficient (Wildman–Crippen LogP) is 2.71. The summed E-state index contributed by atoms with van der Waals surface area (Å²) in [5, 5.41) is 0. The summed E-state index contributed by atoms with van der Waals surface area (Å²) in [4.78, 5) is 22.0. The van der Waals surface area contributed by atoms with Crippen LogP contribution < -0.4 is 0 Å². The highest BCUT2D eigenvalue weighted by Crippen LogP contribution is 2.42. The van der Waals surface area contributed by atoms with Crippen LogP contribution in [0.15, 0.2) is 24.5 Å². The lowest BCUT2D eigenvalue weighted by molar-refractivity contribution is 0.342. The summed E-state index contributed by atoms with van der Waals surface area (Å²) in [6.07, 6.45) is 5.64. The number of rotatable bonds is 6. The third-order valence-corrected chi connectivity index (χ3v) is 4.33. The van der Waals surface area contributed by atoms with Crippen LogP contribution >= 0.6 is 7.60 Å². The molecule has 0 aliphatic rings. The quantitative estimate of drug-likeness (QED) is 0.769. The van der Waals surface area contributed by atoms with Crippen molar-refractivity contribution < 1.29 is 14.4 Å². The van der Waals surface area contributed by atoms with Crippen molar-refractivity contribution in [2.45, 2.75) is 38.5 Å². The summed E-state index contributed by atoms with van der Waals surface area (Å²) >= 11 is 0. The van der Waals surface area contributed by atoms with Crippen LogP contribution in [-0.4, -0.2) is 20.9 Å². The molecule has 4 nitrogen and oxygen atoms in total. The first-order valence-corrected chi connectivity index (χ1v) is 7.68. The molecule has 0 spiro atoms. The van der Waals surface area contributed by atoms with Crippen LogP contribution in [-0.2, 0) is 9.98 Å². The highest BCUT2D eigenvalue weighted by molar-refractivity contribution is 7.51. The predicted molar refractivity (Wildman–Crippen MR) is 68.0 cm³/mol. The van der Waals surface area contributed by atoms with Gasteiger partial charge in [0.2, 0.25) is 0 Å². The Balaban J connectivity index is 2.94. The van der Waals surface area contributed by atoms with Crippen LogP contribution in [0.1, 0.15) is 38.7 Å². The van der Waals surface area contributed by atoms with Gasteiger partial charge in [0.05, 0.1) is 6.16 Å². The molecule has 1 aromatic rings. The maximum atomic E-state index is 11.0. The van der Waals surface area contributed by atoms with Gasteiger partial charge >= 0.3 is 7.60 Å². The van der Waals surface area contributed by atoms with Crippen LogP contribution in [0, 0.1) is 0 Å². The number of hydrogen-bond acceptors (Lipinski definition) is 2. The van der Waals surface area contributed by atoms with Crippen LogP contribution in [0.25, 0.3) is 0 Å². The van der Waals surface area contributed by atoms with Crippen molar-refractivity contribution in [3.8, 4) is 0 Å². The van der Waals surface area contributed by atoms with Crippen LogP contribution in [0.3, 0.4) is 0 Å². The minimum Gasteiger partial charge on any atom is -0.324 e. The minimum absolute atomic E-state index is 0.0585. The Morgan fingerprint density at radius 2 is 1.76 bits per heavy atom. The van der Waals surface area contributed by atoms with Gasteiger partial charge < -0.3 is 9.79 Å². The SMILES string of the molecule is CCC(CC)(CCP(=O)(O)O)c1ccncc1. The van der Waals surface area contributed by atoms with E-state index in [0.717, 1.165) is 18.4 Å². The van der Waals surface area contributed by atoms with Crippen LogP contribution in [0.4, 0.5) is 0 Å². The average Bonchev–Trinajstić information content (AvgIpc) is 2.31. The third kappa shape index (κ3) is 3.91. The van der Waals surface area contributed by atoms with Crippen molar-refractivity contribution in [3.63, 3.8) is 0 Å². The van der Waals surface area contributed by atoms with Crippen molar-refractivity contribution in [1.29, 1.82) is 0 Å². The molecule has 96 valence electrons. The van der Waals surface area contributed by atoms with E-state index in [1.54, 1.807) is 12.4 Å². The third-order valence-electron chi connectivity index (χ3n) is 3.53. The lowest BCUT2D eigenvalue weighted by Crippen LogP contribution is -2.25. The fourth-order valence-corrected chi connectivity index (χ4v) is 2.94. The molecular weight excluding hydrogens is 237 g/mol. The van der Waals surface area contributed by atoms with Gasteiger partial charge in [0.25, 0.3) is 0 Å². The topological polar surface area (TPSA) is 70.4 Å². The van der Waals surface area contributed by atoms with Crippen molar-refractivity contribution in [2.75, 3.05) is 6.16 Å². The average molecular weight is 257 g/mol. The maximum absolute atomic E-state index is 11.0. The van der Waals surface area contributed by atoms with E-state index < -0.39 is 7.60 Å². The zero-order chi connectivity index (χ0) is 12.9. The molecule has 1 rings (SSSR count). The molecule has 0 radical (unpaired) electrons. The first kappa shape index (κ1) is 14.4. The van der Waals surface area contributed by atoms with Crippen LogP contribution in [0.2, 0.25) is 0 Å². The molecule has 0 amide bonds. The highest BCUT2D eigenvalue weighted by Gasteiger charge is 2.30. The number of pyridine rings is 1. The second-order valence-corrected chi connectivity index (χ2v) is 6.14. The largest absolute Gasteiger partial charge is 0.325 e. The molecule has 0 aromatic carbocycles. The second-order valence-electron chi connectivity index (χ2n) is 4.36. The Labute approximate surface area is 102 Å². The Bertz CT molecular complexity index is 384. The van der Waals surface area contributed by atoms with Gasteiger partial charge in [0.15, 0.2) is 0 Å². The van der Waals surface area contributed by atoms with E-state index in [1.165, 1.54) is 0 Å². The Morgan fingerprint density at radius 1 is 1.24 bits per heavy atom. The molecule has 0 aliphatic carbocycles. The van der Waals surface area contributed by atoms with E-state index in [2.05, 4.69) is 18.8 Å². The molecule has 0 saturated carbocycles. The van der Waals surface area contributed by atoms with E-state index >= 15 is 0 Å². The molecule has 17 heavy (non-hydrogen) atoms. The van der Waals surface area contributed by atoms with Gasteiger partial charge in [0.1, 0.15) is 0 Å². The standard InChI is InChI=1S/C12H20NO3P/c1-3-12(4-2,7-10-17(14,15)16)11-5-8-13-9-6-11/h5-6,8-9H,3-4,7,10H2,1-2H3,(H2,14,15,16). The molecule has 0 atom stereocenters. The smallest absolute Gasteiger partial charge is 0.324 e. The molecule has 0 unspecified atom stereocenters. The minimum atomic E-state index is -3.92. The molecule has 0 fully saturated rings. The first-order chi connectivity index (χ1) is 7.93. The van der Waals surface area contributed by atoms with Crippen molar-refractivity contribution in [3.05, 3.63) is 30.1 Å². The van der Waals surface area contributed by atoms with Gasteiger partial charge in [-0.3, -0.25) is 9.55 Å². The van der Waals surface area contributed by atoms with Gasteiger partial charge in [-0.2, -0.15) is 0 Å². The molecule has 0 bridgehead atoms. The molecule has 0 saturated heterocycles. The monoisotopic (exact) mass is 257 g/mol. The van der Waals surface area contributed by atoms with Gasteiger partial charge in [-0.25, -0.2) is 0 Å². The van der Waals surface area contributed by atoms with E-state index in [4.69, 9.17) is 9.79 Å². The second kappa shape index (κ2) is 5.76. The van der Waals surface area contributed by atoms with Crippen LogP contribution in [0.5, 0.6) is 0 Å². The summed E-state index contributed by atoms with van der Waals surface area (Å²) < 4.78 is 11.0. The lowest BCUT2D eigenvalue weighted by atomic mass is 9.74. The van der Waals surface area contributed by atoms with Crippen molar-refractivity contribution in [1.82, 2.24) is 4.98 Å². The van der Waals surface area contributed by atoms with Crippen molar-refractivity contribution in [2.24, 2.45) is 0 Å². The summed E-state index contributed by atoms with van der Waals surface area (Å²) in [7, 11) is -3.92. The van der Waals surface area contributed by atoms with Gasteiger partial charge in [-0.1, -0.05) is 13.8 Å². The Hall–Kier alpha value is -0.700. The molecular formula is C12H20NO3P. The molecule has 2 N–H and O–H groups in total. The normalized spacial score (nSPS) is 12.7. The molecule has 5 heteroatoms. The number of hydrogen-bond donors (Lipinski definition) is 2. The zero-order valence-electron chi connectivity index (χ0n) is 10.3. The summed E-state index contributed by atoms with van der Waals surface area (Å²) in [6.45, 7) is 4.12. The summed E-state index contributed by atoms with van der Waals surface area (Å²) in [5.41, 5.74) is 0.968. The molecule has 0 aliphatic heterocycles. The van der Waals surface area contributed by atoms with E-state index in [-0.39, 0.29) is 11.6 Å². The molecule has 1 aromatic heterocycles. The van der Waals surface area contributed by atoms with E-state index in [9.17, 15) is 4.57 Å². The number of nitrogens with zero attached hydrogens (tertiary/aromatic N) is 1. The maximum Gasteiger partial charge on any atom is 0.325 e. The summed E-state index contributed by atoms with van der Waals surface area (Å²) in [6, 6.07) is 3.87. The number of aromatic nitrogens is 1. The van der Waals surface area contributed by atoms with E-state index in [1.807, 2.05) is 12.1 Å². The Morgan fingerprint density at radius 3 is 2.18 bits per heavy atom. The van der Waals surface area contributed by atoms with Crippen molar-refractivity contribution >= 4 is 7.60 Å². The van der Waals surface area contributed by atoms with E-state index in [0.29, 0.717) is 6.42 Å². The molecule has 1 heterocycles. The van der Waals surface area contributed by atoms with Gasteiger partial charge in [-0.05, 0) is 42.4 Å². The fourth-order valence-electron chi connectivity index (χ4n) is 2.22. The lowest BCUT2D eigenvalue weighted by Gasteiger charge is -2.32.